The molecule has 2 aromatic rings. The maximum absolute atomic E-state index is 10.8. The zero-order chi connectivity index (χ0) is 16.0. The molecule has 1 N–H and O–H groups in total. The molecule has 0 saturated heterocycles. The Morgan fingerprint density at radius 2 is 2.09 bits per heavy atom. The largest absolute Gasteiger partial charge is 0.504 e. The average molecular weight is 309 g/mol. The van der Waals surface area contributed by atoms with E-state index in [0.29, 0.717) is 24.1 Å². The molecule has 4 rings (SSSR count). The lowest BCUT2D eigenvalue weighted by Crippen LogP contribution is -2.35. The topological polar surface area (TPSA) is 32.7 Å². The Hall–Kier alpha value is -2.00. The lowest BCUT2D eigenvalue weighted by molar-refractivity contribution is 0.227. The minimum absolute atomic E-state index is 0.302. The van der Waals surface area contributed by atoms with Crippen molar-refractivity contribution in [1.29, 1.82) is 0 Å². The van der Waals surface area contributed by atoms with E-state index in [9.17, 15) is 5.11 Å². The van der Waals surface area contributed by atoms with E-state index in [1.54, 1.807) is 0 Å². The molecule has 3 nitrogen and oxygen atoms in total. The van der Waals surface area contributed by atoms with Crippen LogP contribution in [0.1, 0.15) is 36.1 Å². The van der Waals surface area contributed by atoms with Gasteiger partial charge in [-0.15, -0.1) is 0 Å². The molecule has 1 heterocycles. The van der Waals surface area contributed by atoms with Gasteiger partial charge in [0.1, 0.15) is 0 Å². The van der Waals surface area contributed by atoms with Gasteiger partial charge in [-0.1, -0.05) is 31.2 Å². The van der Waals surface area contributed by atoms with Crippen molar-refractivity contribution in [2.24, 2.45) is 0 Å². The summed E-state index contributed by atoms with van der Waals surface area (Å²) in [4.78, 5) is 2.44. The van der Waals surface area contributed by atoms with Crippen LogP contribution in [0.4, 0.5) is 0 Å². The van der Waals surface area contributed by atoms with Crippen LogP contribution < -0.4 is 4.74 Å². The fourth-order valence-electron chi connectivity index (χ4n) is 3.99. The lowest BCUT2D eigenvalue weighted by atomic mass is 9.77. The number of ether oxygens (including phenoxy) is 1. The first kappa shape index (κ1) is 14.6. The van der Waals surface area contributed by atoms with Crippen molar-refractivity contribution in [3.63, 3.8) is 0 Å². The Kier molecular flexibility index (Phi) is 3.53. The van der Waals surface area contributed by atoms with Gasteiger partial charge in [0.15, 0.2) is 11.5 Å². The maximum Gasteiger partial charge on any atom is 0.165 e. The molecule has 0 spiro atoms. The second kappa shape index (κ2) is 5.57. The number of rotatable bonds is 3. The van der Waals surface area contributed by atoms with Crippen LogP contribution in [-0.4, -0.2) is 30.2 Å². The number of benzene rings is 2. The Morgan fingerprint density at radius 1 is 1.22 bits per heavy atom. The molecule has 1 aliphatic carbocycles. The summed E-state index contributed by atoms with van der Waals surface area (Å²) < 4.78 is 5.73. The Balaban J connectivity index is 1.90. The third kappa shape index (κ3) is 2.22. The van der Waals surface area contributed by atoms with Crippen LogP contribution in [0.2, 0.25) is 0 Å². The zero-order valence-corrected chi connectivity index (χ0v) is 13.8. The maximum atomic E-state index is 10.8. The summed E-state index contributed by atoms with van der Waals surface area (Å²) >= 11 is 0. The van der Waals surface area contributed by atoms with Gasteiger partial charge in [0.2, 0.25) is 0 Å². The monoisotopic (exact) mass is 309 g/mol. The van der Waals surface area contributed by atoms with Gasteiger partial charge in [0.25, 0.3) is 0 Å². The fraction of sp³-hybridized carbons (Fsp3) is 0.400. The summed E-state index contributed by atoms with van der Waals surface area (Å²) in [5, 5.41) is 10.8. The van der Waals surface area contributed by atoms with Gasteiger partial charge in [-0.2, -0.15) is 0 Å². The van der Waals surface area contributed by atoms with Crippen LogP contribution in [0, 0.1) is 0 Å². The number of aromatic hydroxyl groups is 1. The SMILES string of the molecule is CCCOc1ccc2c(c1O)-c1cccc3c1[C@@H](C2)N(C)CC3. The van der Waals surface area contributed by atoms with Crippen LogP contribution in [0.15, 0.2) is 30.3 Å². The molecule has 0 amide bonds. The molecule has 0 radical (unpaired) electrons. The smallest absolute Gasteiger partial charge is 0.165 e. The van der Waals surface area contributed by atoms with Gasteiger partial charge in [-0.25, -0.2) is 0 Å². The summed E-state index contributed by atoms with van der Waals surface area (Å²) in [5.74, 6) is 0.904. The highest BCUT2D eigenvalue weighted by Gasteiger charge is 2.34. The number of likely N-dealkylation sites (N-methyl/N-ethyl adjacent to an activating group) is 1. The van der Waals surface area contributed by atoms with Gasteiger partial charge in [-0.05, 0) is 54.6 Å². The second-order valence-electron chi connectivity index (χ2n) is 6.62. The zero-order valence-electron chi connectivity index (χ0n) is 13.8. The van der Waals surface area contributed by atoms with Crippen LogP contribution in [0.25, 0.3) is 11.1 Å². The van der Waals surface area contributed by atoms with Crippen LogP contribution in [-0.2, 0) is 12.8 Å². The molecule has 3 heteroatoms. The van der Waals surface area contributed by atoms with E-state index in [1.165, 1.54) is 22.3 Å². The predicted octanol–water partition coefficient (Wildman–Crippen LogP) is 3.93. The van der Waals surface area contributed by atoms with Gasteiger partial charge >= 0.3 is 0 Å². The van der Waals surface area contributed by atoms with Gasteiger partial charge in [-0.3, -0.25) is 4.90 Å². The Bertz CT molecular complexity index is 754. The average Bonchev–Trinajstić information content (AvgIpc) is 2.57. The van der Waals surface area contributed by atoms with Gasteiger partial charge in [0, 0.05) is 18.2 Å². The van der Waals surface area contributed by atoms with Crippen LogP contribution in [0.3, 0.4) is 0 Å². The van der Waals surface area contributed by atoms with E-state index in [4.69, 9.17) is 4.74 Å². The highest BCUT2D eigenvalue weighted by Crippen LogP contribution is 2.50. The van der Waals surface area contributed by atoms with Crippen molar-refractivity contribution < 1.29 is 9.84 Å². The molecular formula is C20H23NO2. The van der Waals surface area contributed by atoms with Gasteiger partial charge < -0.3 is 9.84 Å². The predicted molar refractivity (Wildman–Crippen MR) is 92.1 cm³/mol. The highest BCUT2D eigenvalue weighted by molar-refractivity contribution is 5.82. The Morgan fingerprint density at radius 3 is 2.91 bits per heavy atom. The fourth-order valence-corrected chi connectivity index (χ4v) is 3.99. The standard InChI is InChI=1S/C20H23NO2/c1-3-11-23-17-8-7-14-12-16-18-13(9-10-21(16)2)5-4-6-15(18)19(14)20(17)22/h4-8,16,22H,3,9-12H2,1-2H3/t16-/m1/s1. The number of phenolic OH excluding ortho intramolecular Hbond substituents is 1. The summed E-state index contributed by atoms with van der Waals surface area (Å²) in [7, 11) is 2.20. The first-order valence-corrected chi connectivity index (χ1v) is 8.50. The van der Waals surface area contributed by atoms with E-state index in [0.717, 1.165) is 31.4 Å². The minimum Gasteiger partial charge on any atom is -0.504 e. The van der Waals surface area contributed by atoms with E-state index in [1.807, 2.05) is 6.07 Å². The van der Waals surface area contributed by atoms with Crippen molar-refractivity contribution in [3.05, 3.63) is 47.0 Å². The number of hydrogen-bond donors (Lipinski definition) is 1. The second-order valence-corrected chi connectivity index (χ2v) is 6.62. The summed E-state index contributed by atoms with van der Waals surface area (Å²) in [6.45, 7) is 3.80. The van der Waals surface area contributed by atoms with Crippen molar-refractivity contribution in [3.8, 4) is 22.6 Å². The molecule has 0 fully saturated rings. The van der Waals surface area contributed by atoms with Crippen molar-refractivity contribution in [2.45, 2.75) is 32.2 Å². The Labute approximate surface area is 137 Å². The molecule has 23 heavy (non-hydrogen) atoms. The van der Waals surface area contributed by atoms with E-state index >= 15 is 0 Å². The molecule has 0 saturated carbocycles. The normalized spacial score (nSPS) is 19.1. The molecular weight excluding hydrogens is 286 g/mol. The molecule has 2 aliphatic rings. The third-order valence-electron chi connectivity index (χ3n) is 5.17. The third-order valence-corrected chi connectivity index (χ3v) is 5.17. The van der Waals surface area contributed by atoms with E-state index in [2.05, 4.69) is 43.1 Å². The first-order valence-electron chi connectivity index (χ1n) is 8.50. The van der Waals surface area contributed by atoms with E-state index < -0.39 is 0 Å². The molecule has 0 bridgehead atoms. The van der Waals surface area contributed by atoms with Gasteiger partial charge in [0.05, 0.1) is 6.61 Å². The molecule has 0 unspecified atom stereocenters. The molecule has 2 aromatic carbocycles. The molecule has 1 atom stereocenters. The quantitative estimate of drug-likeness (QED) is 0.932. The van der Waals surface area contributed by atoms with Crippen molar-refractivity contribution in [2.75, 3.05) is 20.2 Å². The number of nitrogens with zero attached hydrogens (tertiary/aromatic N) is 1. The number of hydrogen-bond acceptors (Lipinski definition) is 3. The summed E-state index contributed by atoms with van der Waals surface area (Å²) in [6, 6.07) is 11.0. The lowest BCUT2D eigenvalue weighted by Gasteiger charge is -2.40. The van der Waals surface area contributed by atoms with Crippen LogP contribution in [0.5, 0.6) is 11.5 Å². The summed E-state index contributed by atoms with van der Waals surface area (Å²) in [5.41, 5.74) is 6.20. The van der Waals surface area contributed by atoms with E-state index in [-0.39, 0.29) is 0 Å². The molecule has 0 aromatic heterocycles. The highest BCUT2D eigenvalue weighted by atomic mass is 16.5. The first-order chi connectivity index (χ1) is 11.2. The number of fused-ring (bicyclic) bond motifs is 2. The molecule has 120 valence electrons. The van der Waals surface area contributed by atoms with Crippen molar-refractivity contribution >= 4 is 0 Å². The van der Waals surface area contributed by atoms with Crippen molar-refractivity contribution in [1.82, 2.24) is 4.90 Å². The summed E-state index contributed by atoms with van der Waals surface area (Å²) in [6.07, 6.45) is 2.97. The minimum atomic E-state index is 0.302. The van der Waals surface area contributed by atoms with Crippen LogP contribution >= 0.6 is 0 Å². The molecule has 1 aliphatic heterocycles. The number of phenols is 1.